The van der Waals surface area contributed by atoms with Crippen LogP contribution in [-0.4, -0.2) is 19.0 Å². The third-order valence-electron chi connectivity index (χ3n) is 1.70. The van der Waals surface area contributed by atoms with Gasteiger partial charge in [0.2, 0.25) is 0 Å². The molecule has 0 unspecified atom stereocenters. The van der Waals surface area contributed by atoms with Gasteiger partial charge in [-0.2, -0.15) is 0 Å². The minimum Gasteiger partial charge on any atom is -0.465 e. The number of amides is 1. The molecule has 0 spiro atoms. The summed E-state index contributed by atoms with van der Waals surface area (Å²) in [4.78, 5) is 21.4. The average molecular weight is 221 g/mol. The molecule has 0 bridgehead atoms. The summed E-state index contributed by atoms with van der Waals surface area (Å²) in [6.07, 6.45) is 0. The average Bonchev–Trinajstić information content (AvgIpc) is 2.25. The third-order valence-corrected chi connectivity index (χ3v) is 1.70. The van der Waals surface area contributed by atoms with Crippen LogP contribution in [0.3, 0.4) is 0 Å². The summed E-state index contributed by atoms with van der Waals surface area (Å²) in [5, 5.41) is 0. The fraction of sp³-hybridized carbons (Fsp3) is 0.0909. The van der Waals surface area contributed by atoms with E-state index in [1.165, 1.54) is 12.1 Å². The fourth-order valence-corrected chi connectivity index (χ4v) is 1.00. The molecule has 1 amide bonds. The molecule has 0 saturated carbocycles. The Hall–Kier alpha value is -2.35. The van der Waals surface area contributed by atoms with E-state index in [2.05, 4.69) is 16.6 Å². The van der Waals surface area contributed by atoms with Crippen molar-refractivity contribution in [1.29, 1.82) is 0 Å². The number of benzene rings is 1. The quantitative estimate of drug-likeness (QED) is 0.553. The van der Waals surface area contributed by atoms with Crippen LogP contribution in [0, 0.1) is 17.7 Å². The molecular formula is C11H8FNO3. The lowest BCUT2D eigenvalue weighted by atomic mass is 10.1. The first-order chi connectivity index (χ1) is 7.54. The van der Waals surface area contributed by atoms with E-state index in [-0.39, 0.29) is 11.1 Å². The zero-order valence-corrected chi connectivity index (χ0v) is 8.41. The first-order valence-electron chi connectivity index (χ1n) is 4.24. The summed E-state index contributed by atoms with van der Waals surface area (Å²) in [7, 11) is 1.16. The lowest BCUT2D eigenvalue weighted by Crippen LogP contribution is -2.06. The molecule has 1 aromatic rings. The number of carbonyl (C=O) groups is 2. The van der Waals surface area contributed by atoms with Crippen molar-refractivity contribution in [1.82, 2.24) is 0 Å². The summed E-state index contributed by atoms with van der Waals surface area (Å²) >= 11 is 0. The number of halogens is 1. The van der Waals surface area contributed by atoms with Crippen molar-refractivity contribution in [3.63, 3.8) is 0 Å². The molecule has 0 aromatic heterocycles. The van der Waals surface area contributed by atoms with Crippen LogP contribution in [0.4, 0.5) is 4.39 Å². The van der Waals surface area contributed by atoms with Gasteiger partial charge in [0.25, 0.3) is 5.91 Å². The van der Waals surface area contributed by atoms with Gasteiger partial charge in [0.15, 0.2) is 0 Å². The number of carbonyl (C=O) groups excluding carboxylic acids is 2. The number of ether oxygens (including phenoxy) is 1. The molecule has 0 heterocycles. The normalized spacial score (nSPS) is 8.88. The highest BCUT2D eigenvalue weighted by Crippen LogP contribution is 2.10. The molecule has 0 radical (unpaired) electrons. The van der Waals surface area contributed by atoms with Crippen LogP contribution in [0.25, 0.3) is 0 Å². The lowest BCUT2D eigenvalue weighted by molar-refractivity contribution is -0.112. The molecule has 1 aromatic carbocycles. The summed E-state index contributed by atoms with van der Waals surface area (Å²) < 4.78 is 17.7. The Morgan fingerprint density at radius 2 is 2.12 bits per heavy atom. The molecule has 0 aliphatic carbocycles. The van der Waals surface area contributed by atoms with Crippen LogP contribution in [-0.2, 0) is 9.53 Å². The van der Waals surface area contributed by atoms with Gasteiger partial charge in [-0.25, -0.2) is 9.18 Å². The number of methoxy groups -OCH3 is 1. The number of nitrogens with two attached hydrogens (primary N) is 1. The predicted molar refractivity (Wildman–Crippen MR) is 53.8 cm³/mol. The van der Waals surface area contributed by atoms with Gasteiger partial charge < -0.3 is 10.5 Å². The minimum atomic E-state index is -0.808. The molecule has 5 heteroatoms. The Morgan fingerprint density at radius 3 is 2.62 bits per heavy atom. The number of esters is 1. The van der Waals surface area contributed by atoms with E-state index in [9.17, 15) is 14.0 Å². The molecule has 82 valence electrons. The summed E-state index contributed by atoms with van der Waals surface area (Å²) in [6.45, 7) is 0. The predicted octanol–water partition coefficient (Wildman–Crippen LogP) is 0.449. The third kappa shape index (κ3) is 2.82. The second-order valence-corrected chi connectivity index (χ2v) is 2.80. The van der Waals surface area contributed by atoms with Gasteiger partial charge in [-0.05, 0) is 24.1 Å². The van der Waals surface area contributed by atoms with Gasteiger partial charge in [0.1, 0.15) is 5.82 Å². The highest BCUT2D eigenvalue weighted by Gasteiger charge is 2.11. The highest BCUT2D eigenvalue weighted by molar-refractivity contribution is 5.93. The number of primary amides is 1. The van der Waals surface area contributed by atoms with Crippen LogP contribution in [0.1, 0.15) is 15.9 Å². The van der Waals surface area contributed by atoms with Crippen LogP contribution >= 0.6 is 0 Å². The van der Waals surface area contributed by atoms with Crippen molar-refractivity contribution < 1.29 is 18.7 Å². The van der Waals surface area contributed by atoms with E-state index in [0.29, 0.717) is 0 Å². The van der Waals surface area contributed by atoms with Gasteiger partial charge in [0, 0.05) is 5.56 Å². The Balaban J connectivity index is 3.06. The van der Waals surface area contributed by atoms with Crippen molar-refractivity contribution in [2.75, 3.05) is 7.11 Å². The Morgan fingerprint density at radius 1 is 1.44 bits per heavy atom. The molecule has 0 aliphatic rings. The van der Waals surface area contributed by atoms with Crippen LogP contribution in [0.2, 0.25) is 0 Å². The van der Waals surface area contributed by atoms with Gasteiger partial charge in [-0.1, -0.05) is 5.92 Å². The molecular weight excluding hydrogens is 213 g/mol. The number of hydrogen-bond donors (Lipinski definition) is 1. The zero-order valence-electron chi connectivity index (χ0n) is 8.41. The van der Waals surface area contributed by atoms with Crippen molar-refractivity contribution in [2.24, 2.45) is 5.73 Å². The topological polar surface area (TPSA) is 69.4 Å². The fourth-order valence-electron chi connectivity index (χ4n) is 1.00. The maximum absolute atomic E-state index is 13.3. The van der Waals surface area contributed by atoms with Crippen molar-refractivity contribution >= 4 is 11.9 Å². The zero-order chi connectivity index (χ0) is 12.1. The molecule has 0 aliphatic heterocycles. The SMILES string of the molecule is COC(=O)c1ccc(C#CC(N)=O)cc1F. The van der Waals surface area contributed by atoms with E-state index in [4.69, 9.17) is 5.73 Å². The standard InChI is InChI=1S/C11H8FNO3/c1-16-11(15)8-4-2-7(6-9(8)12)3-5-10(13)14/h2,4,6H,1H3,(H2,13,14). The summed E-state index contributed by atoms with van der Waals surface area (Å²) in [5.74, 6) is 2.07. The monoisotopic (exact) mass is 221 g/mol. The molecule has 4 nitrogen and oxygen atoms in total. The molecule has 0 fully saturated rings. The molecule has 2 N–H and O–H groups in total. The van der Waals surface area contributed by atoms with Crippen LogP contribution in [0.15, 0.2) is 18.2 Å². The first-order valence-corrected chi connectivity index (χ1v) is 4.24. The molecule has 0 saturated heterocycles. The molecule has 0 atom stereocenters. The maximum Gasteiger partial charge on any atom is 0.340 e. The summed E-state index contributed by atoms with van der Waals surface area (Å²) in [5.41, 5.74) is 4.86. The Bertz CT molecular complexity index is 500. The van der Waals surface area contributed by atoms with E-state index < -0.39 is 17.7 Å². The first kappa shape index (κ1) is 11.7. The number of rotatable bonds is 1. The Labute approximate surface area is 91.2 Å². The lowest BCUT2D eigenvalue weighted by Gasteiger charge is -2.00. The largest absolute Gasteiger partial charge is 0.465 e. The van der Waals surface area contributed by atoms with Gasteiger partial charge in [-0.15, -0.1) is 0 Å². The minimum absolute atomic E-state index is 0.188. The smallest absolute Gasteiger partial charge is 0.340 e. The molecule has 16 heavy (non-hydrogen) atoms. The van der Waals surface area contributed by atoms with E-state index >= 15 is 0 Å². The second kappa shape index (κ2) is 4.94. The van der Waals surface area contributed by atoms with Crippen molar-refractivity contribution in [3.05, 3.63) is 35.1 Å². The highest BCUT2D eigenvalue weighted by atomic mass is 19.1. The van der Waals surface area contributed by atoms with Crippen LogP contribution < -0.4 is 5.73 Å². The van der Waals surface area contributed by atoms with Gasteiger partial charge in [0.05, 0.1) is 12.7 Å². The Kier molecular flexibility index (Phi) is 3.62. The van der Waals surface area contributed by atoms with E-state index in [1.807, 2.05) is 0 Å². The second-order valence-electron chi connectivity index (χ2n) is 2.80. The van der Waals surface area contributed by atoms with Gasteiger partial charge in [-0.3, -0.25) is 4.79 Å². The maximum atomic E-state index is 13.3. The number of hydrogen-bond acceptors (Lipinski definition) is 3. The van der Waals surface area contributed by atoms with Crippen LogP contribution in [0.5, 0.6) is 0 Å². The summed E-state index contributed by atoms with van der Waals surface area (Å²) in [6, 6.07) is 3.65. The van der Waals surface area contributed by atoms with Crippen molar-refractivity contribution in [3.8, 4) is 11.8 Å². The van der Waals surface area contributed by atoms with Crippen molar-refractivity contribution in [2.45, 2.75) is 0 Å². The van der Waals surface area contributed by atoms with Gasteiger partial charge >= 0.3 is 5.97 Å². The van der Waals surface area contributed by atoms with E-state index in [1.54, 1.807) is 0 Å². The van der Waals surface area contributed by atoms with E-state index in [0.717, 1.165) is 13.2 Å². The molecule has 1 rings (SSSR count).